The summed E-state index contributed by atoms with van der Waals surface area (Å²) < 4.78 is 42.5. The summed E-state index contributed by atoms with van der Waals surface area (Å²) in [4.78, 5) is 43.8. The van der Waals surface area contributed by atoms with Crippen LogP contribution in [0.4, 0.5) is 11.4 Å². The van der Waals surface area contributed by atoms with Gasteiger partial charge in [0, 0.05) is 54.8 Å². The summed E-state index contributed by atoms with van der Waals surface area (Å²) in [5, 5.41) is 40.9. The smallest absolute Gasteiger partial charge is 0.744 e. The minimum absolute atomic E-state index is 0. The molecule has 0 N–H and O–H groups in total. The van der Waals surface area contributed by atoms with Gasteiger partial charge >= 0.3 is 206 Å². The zero-order valence-electron chi connectivity index (χ0n) is 36.6. The van der Waals surface area contributed by atoms with Crippen LogP contribution in [0.2, 0.25) is 0 Å². The van der Waals surface area contributed by atoms with E-state index in [4.69, 9.17) is 4.33 Å². The molecular weight excluding hydrogens is 977 g/mol. The van der Waals surface area contributed by atoms with Crippen molar-refractivity contribution in [3.8, 4) is 0 Å². The summed E-state index contributed by atoms with van der Waals surface area (Å²) in [6.07, 6.45) is 9.19. The third-order valence-corrected chi connectivity index (χ3v) is 13.2. The topological polar surface area (TPSA) is 212 Å². The van der Waals surface area contributed by atoms with E-state index >= 15 is 0 Å². The van der Waals surface area contributed by atoms with Crippen LogP contribution in [0.15, 0.2) is 121 Å². The third kappa shape index (κ3) is 14.3. The van der Waals surface area contributed by atoms with Gasteiger partial charge in [-0.1, -0.05) is 61.0 Å². The van der Waals surface area contributed by atoms with Gasteiger partial charge in [0.05, 0.1) is 47.9 Å². The van der Waals surface area contributed by atoms with Crippen LogP contribution in [0.25, 0.3) is 0 Å². The van der Waals surface area contributed by atoms with Gasteiger partial charge in [-0.15, -0.1) is 4.33 Å². The van der Waals surface area contributed by atoms with Gasteiger partial charge in [0.2, 0.25) is 5.69 Å². The van der Waals surface area contributed by atoms with Gasteiger partial charge < -0.3 is 39.2 Å². The Morgan fingerprint density at radius 2 is 1.56 bits per heavy atom. The van der Waals surface area contributed by atoms with Gasteiger partial charge in [-0.05, 0) is 92.3 Å². The second-order valence-electron chi connectivity index (χ2n) is 14.9. The zero-order chi connectivity index (χ0) is 42.9. The van der Waals surface area contributed by atoms with Crippen LogP contribution in [-0.2, 0) is 44.8 Å². The summed E-state index contributed by atoms with van der Waals surface area (Å²) in [5.41, 5.74) is 3.48. The summed E-state index contributed by atoms with van der Waals surface area (Å²) in [6, 6.07) is 15.7. The first-order chi connectivity index (χ1) is 27.8. The van der Waals surface area contributed by atoms with Crippen molar-refractivity contribution in [1.29, 1.82) is 0 Å². The first-order valence-electron chi connectivity index (χ1n) is 18.3. The molecule has 21 heteroatoms. The molecule has 0 amide bonds. The van der Waals surface area contributed by atoms with Crippen molar-refractivity contribution < 1.29 is 267 Å². The van der Waals surface area contributed by atoms with Crippen molar-refractivity contribution in [3.63, 3.8) is 0 Å². The SMILES string of the molecule is COOOSc1ccc2c(c1)C(C)(C)C(/C=C/C1=C(Sc3ccccc3C(=O)[O-])C(=C/C=C3/N(CC(=O)[O-])c4ccc(S(=O)(=O)[O-])cc4C3(C)C)/CCC1)=[N+]2CC(=O)[O-].[K+].[K+].[K+].[K+]. The van der Waals surface area contributed by atoms with Crippen LogP contribution in [0.3, 0.4) is 0 Å². The van der Waals surface area contributed by atoms with E-state index in [1.54, 1.807) is 54.8 Å². The van der Waals surface area contributed by atoms with Crippen molar-refractivity contribution in [2.75, 3.05) is 25.1 Å². The molecule has 0 radical (unpaired) electrons. The molecule has 310 valence electrons. The van der Waals surface area contributed by atoms with Gasteiger partial charge in [0.15, 0.2) is 12.3 Å². The van der Waals surface area contributed by atoms with Crippen LogP contribution in [-0.4, -0.2) is 61.4 Å². The molecule has 0 spiro atoms. The number of carbonyl (C=O) groups is 3. The van der Waals surface area contributed by atoms with Gasteiger partial charge in [0.1, 0.15) is 16.1 Å². The van der Waals surface area contributed by atoms with E-state index in [0.29, 0.717) is 57.4 Å². The molecule has 0 unspecified atom stereocenters. The molecular formula is C42H39K4N2O12S3+. The van der Waals surface area contributed by atoms with E-state index < -0.39 is 56.8 Å². The number of carboxylic acid groups (broad SMARTS) is 3. The van der Waals surface area contributed by atoms with E-state index in [9.17, 15) is 42.7 Å². The number of anilines is 1. The maximum absolute atomic E-state index is 12.2. The number of benzene rings is 3. The average Bonchev–Trinajstić information content (AvgIpc) is 3.50. The number of carbonyl (C=O) groups excluding carboxylic acids is 3. The molecule has 0 bridgehead atoms. The number of allylic oxidation sites excluding steroid dienone is 7. The Morgan fingerprint density at radius 3 is 2.19 bits per heavy atom. The molecule has 63 heavy (non-hydrogen) atoms. The van der Waals surface area contributed by atoms with Crippen molar-refractivity contribution in [2.24, 2.45) is 0 Å². The Labute approximate surface area is 545 Å². The van der Waals surface area contributed by atoms with Gasteiger partial charge in [-0.2, -0.15) is 4.58 Å². The fraction of sp³-hybridized carbons (Fsp3) is 0.286. The molecule has 3 aliphatic rings. The number of fused-ring (bicyclic) bond motifs is 2. The van der Waals surface area contributed by atoms with Gasteiger partial charge in [0.25, 0.3) is 0 Å². The Kier molecular flexibility index (Phi) is 25.1. The Morgan fingerprint density at radius 1 is 0.857 bits per heavy atom. The molecule has 3 aromatic rings. The van der Waals surface area contributed by atoms with E-state index in [-0.39, 0.29) is 211 Å². The number of aliphatic carboxylic acids is 2. The number of hydrogen-bond acceptors (Lipinski definition) is 15. The number of nitrogens with zero attached hydrogens (tertiary/aromatic N) is 2. The molecule has 1 aliphatic carbocycles. The first kappa shape index (κ1) is 60.7. The van der Waals surface area contributed by atoms with E-state index in [1.165, 1.54) is 42.0 Å². The molecule has 2 heterocycles. The van der Waals surface area contributed by atoms with Crippen LogP contribution in [0.5, 0.6) is 0 Å². The third-order valence-electron chi connectivity index (χ3n) is 10.5. The molecule has 3 aromatic carbocycles. The molecule has 0 aromatic heterocycles. The van der Waals surface area contributed by atoms with Crippen molar-refractivity contribution in [1.82, 2.24) is 0 Å². The van der Waals surface area contributed by atoms with Crippen LogP contribution in [0.1, 0.15) is 68.4 Å². The van der Waals surface area contributed by atoms with E-state index in [1.807, 2.05) is 38.1 Å². The zero-order valence-corrected chi connectivity index (χ0v) is 51.6. The fourth-order valence-corrected chi connectivity index (χ4v) is 9.92. The molecule has 0 saturated carbocycles. The molecule has 2 aliphatic heterocycles. The predicted molar refractivity (Wildman–Crippen MR) is 212 cm³/mol. The first-order valence-corrected chi connectivity index (χ1v) is 21.2. The quantitative estimate of drug-likeness (QED) is 0.0263. The van der Waals surface area contributed by atoms with Crippen LogP contribution < -0.4 is 226 Å². The molecule has 6 rings (SSSR count). The average molecular weight is 1020 g/mol. The number of carboxylic acids is 3. The van der Waals surface area contributed by atoms with E-state index in [2.05, 4.69) is 9.93 Å². The van der Waals surface area contributed by atoms with Crippen molar-refractivity contribution in [3.05, 3.63) is 123 Å². The summed E-state index contributed by atoms with van der Waals surface area (Å²) in [7, 11) is -3.51. The van der Waals surface area contributed by atoms with Gasteiger partial charge in [-0.3, -0.25) is 0 Å². The predicted octanol–water partition coefficient (Wildman–Crippen LogP) is -8.24. The number of hydrogen-bond donors (Lipinski definition) is 0. The molecule has 0 fully saturated rings. The monoisotopic (exact) mass is 1020 g/mol. The molecule has 0 atom stereocenters. The van der Waals surface area contributed by atoms with Gasteiger partial charge in [-0.25, -0.2) is 13.3 Å². The number of rotatable bonds is 15. The Bertz CT molecular complexity index is 2520. The Hall–Kier alpha value is 1.54. The summed E-state index contributed by atoms with van der Waals surface area (Å²) in [5.74, 6) is -4.01. The number of thioether (sulfide) groups is 1. The maximum atomic E-state index is 12.2. The summed E-state index contributed by atoms with van der Waals surface area (Å²) in [6.45, 7) is 6.55. The van der Waals surface area contributed by atoms with Crippen molar-refractivity contribution in [2.45, 2.75) is 72.5 Å². The maximum Gasteiger partial charge on any atom is 1.00 e. The summed E-state index contributed by atoms with van der Waals surface area (Å²) >= 11 is 2.16. The molecule has 14 nitrogen and oxygen atoms in total. The fourth-order valence-electron chi connectivity index (χ4n) is 7.74. The second kappa shape index (κ2) is 26.1. The minimum atomic E-state index is -4.81. The second-order valence-corrected chi connectivity index (χ2v) is 18.1. The normalized spacial score (nSPS) is 17.4. The molecule has 0 saturated heterocycles. The minimum Gasteiger partial charge on any atom is -0.744 e. The number of aromatic carboxylic acids is 1. The van der Waals surface area contributed by atoms with Crippen LogP contribution in [0, 0.1) is 0 Å². The van der Waals surface area contributed by atoms with Crippen molar-refractivity contribution >= 4 is 68.9 Å². The van der Waals surface area contributed by atoms with Crippen LogP contribution >= 0.6 is 23.8 Å². The standard InChI is InChI=1S/C42H42N2O12S3.4K/c1-41(2)30-21-27(58-56-55-54-5)15-17-32(30)43(23-37(45)46)35(41)19-13-25-9-8-10-26(39(25)57-34-12-7-6-11-29(34)40(49)50)14-20-36-42(3,4)31-22-28(59(51,52)53)16-18-33(31)44(36)24-38(47)48;;;;/h6-7,11-22H,8-10,23-24H2,1-5H3,(H3-,45,46,47,48,49,50,51,52,53);;;;/q;4*+1/p-3. The van der Waals surface area contributed by atoms with E-state index in [0.717, 1.165) is 39.7 Å². The largest absolute Gasteiger partial charge is 1.00 e. The Balaban J connectivity index is 0.00000341.